The Hall–Kier alpha value is -3.69. The van der Waals surface area contributed by atoms with Gasteiger partial charge in [0.2, 0.25) is 5.91 Å². The van der Waals surface area contributed by atoms with Crippen LogP contribution in [0.3, 0.4) is 0 Å². The number of hydrogen-bond donors (Lipinski definition) is 1. The average Bonchev–Trinajstić information content (AvgIpc) is 2.86. The zero-order valence-corrected chi connectivity index (χ0v) is 20.0. The number of nitrogens with zero attached hydrogens (tertiary/aromatic N) is 3. The van der Waals surface area contributed by atoms with Crippen molar-refractivity contribution in [3.63, 3.8) is 0 Å². The van der Waals surface area contributed by atoms with Gasteiger partial charge < -0.3 is 24.4 Å². The number of ether oxygens (including phenoxy) is 1. The SMILES string of the molecule is CCC[C@H](NC(=O)c1cccn(Cc2ccccc2F)c1=O)C(=O)N1CCN(C(=O)OCC)CC1. The average molecular weight is 487 g/mol. The van der Waals surface area contributed by atoms with Crippen LogP contribution in [0.4, 0.5) is 9.18 Å². The van der Waals surface area contributed by atoms with E-state index < -0.39 is 29.4 Å². The fourth-order valence-corrected chi connectivity index (χ4v) is 3.97. The number of halogens is 1. The fraction of sp³-hybridized carbons (Fsp3) is 0.440. The number of rotatable bonds is 8. The van der Waals surface area contributed by atoms with Gasteiger partial charge in [-0.1, -0.05) is 31.5 Å². The van der Waals surface area contributed by atoms with Crippen LogP contribution in [0.25, 0.3) is 0 Å². The smallest absolute Gasteiger partial charge is 0.409 e. The first-order chi connectivity index (χ1) is 16.8. The first kappa shape index (κ1) is 25.9. The van der Waals surface area contributed by atoms with E-state index in [-0.39, 0.29) is 24.6 Å². The molecule has 0 aliphatic carbocycles. The normalized spacial score (nSPS) is 14.4. The zero-order chi connectivity index (χ0) is 25.4. The van der Waals surface area contributed by atoms with Crippen LogP contribution < -0.4 is 10.9 Å². The van der Waals surface area contributed by atoms with Crippen LogP contribution in [0.15, 0.2) is 47.4 Å². The molecule has 188 valence electrons. The molecule has 0 unspecified atom stereocenters. The van der Waals surface area contributed by atoms with Crippen LogP contribution in [0.1, 0.15) is 42.6 Å². The number of benzene rings is 1. The molecule has 35 heavy (non-hydrogen) atoms. The molecule has 1 N–H and O–H groups in total. The number of piperazine rings is 1. The lowest BCUT2D eigenvalue weighted by Crippen LogP contribution is -2.56. The number of aromatic nitrogens is 1. The molecule has 1 saturated heterocycles. The fourth-order valence-electron chi connectivity index (χ4n) is 3.97. The quantitative estimate of drug-likeness (QED) is 0.617. The first-order valence-electron chi connectivity index (χ1n) is 11.8. The molecular formula is C25H31FN4O5. The van der Waals surface area contributed by atoms with Crippen molar-refractivity contribution in [2.75, 3.05) is 32.8 Å². The summed E-state index contributed by atoms with van der Waals surface area (Å²) in [6, 6.07) is 8.25. The minimum Gasteiger partial charge on any atom is -0.450 e. The minimum absolute atomic E-state index is 0.0192. The molecule has 1 aliphatic heterocycles. The van der Waals surface area contributed by atoms with Crippen molar-refractivity contribution < 1.29 is 23.5 Å². The van der Waals surface area contributed by atoms with Crippen molar-refractivity contribution in [1.82, 2.24) is 19.7 Å². The van der Waals surface area contributed by atoms with Crippen molar-refractivity contribution in [2.45, 2.75) is 39.3 Å². The number of pyridine rings is 1. The molecular weight excluding hydrogens is 455 g/mol. The highest BCUT2D eigenvalue weighted by molar-refractivity contribution is 5.97. The van der Waals surface area contributed by atoms with Crippen LogP contribution >= 0.6 is 0 Å². The topological polar surface area (TPSA) is 101 Å². The summed E-state index contributed by atoms with van der Waals surface area (Å²) in [6.07, 6.45) is 2.13. The van der Waals surface area contributed by atoms with E-state index in [4.69, 9.17) is 4.74 Å². The highest BCUT2D eigenvalue weighted by atomic mass is 19.1. The molecule has 3 rings (SSSR count). The number of amides is 3. The van der Waals surface area contributed by atoms with E-state index in [1.165, 1.54) is 22.9 Å². The maximum atomic E-state index is 14.0. The lowest BCUT2D eigenvalue weighted by Gasteiger charge is -2.36. The minimum atomic E-state index is -0.804. The monoisotopic (exact) mass is 486 g/mol. The van der Waals surface area contributed by atoms with E-state index in [0.29, 0.717) is 44.6 Å². The van der Waals surface area contributed by atoms with Crippen molar-refractivity contribution in [1.29, 1.82) is 0 Å². The summed E-state index contributed by atoms with van der Waals surface area (Å²) in [6.45, 7) is 5.24. The maximum Gasteiger partial charge on any atom is 0.409 e. The molecule has 9 nitrogen and oxygen atoms in total. The second-order valence-electron chi connectivity index (χ2n) is 8.27. The summed E-state index contributed by atoms with van der Waals surface area (Å²) in [7, 11) is 0. The third-order valence-corrected chi connectivity index (χ3v) is 5.86. The maximum absolute atomic E-state index is 14.0. The lowest BCUT2D eigenvalue weighted by molar-refractivity contribution is -0.135. The molecule has 0 bridgehead atoms. The Labute approximate surface area is 203 Å². The number of carbonyl (C=O) groups is 3. The summed E-state index contributed by atoms with van der Waals surface area (Å²) in [5.41, 5.74) is -0.364. The van der Waals surface area contributed by atoms with Crippen molar-refractivity contribution in [3.8, 4) is 0 Å². The summed E-state index contributed by atoms with van der Waals surface area (Å²) in [5, 5.41) is 2.71. The molecule has 1 fully saturated rings. The van der Waals surface area contributed by atoms with Crippen LogP contribution in [0, 0.1) is 5.82 Å². The van der Waals surface area contributed by atoms with Gasteiger partial charge >= 0.3 is 6.09 Å². The summed E-state index contributed by atoms with van der Waals surface area (Å²) in [4.78, 5) is 54.1. The Bertz CT molecular complexity index is 1110. The van der Waals surface area contributed by atoms with Crippen LogP contribution in [-0.4, -0.2) is 71.1 Å². The number of carbonyl (C=O) groups excluding carboxylic acids is 3. The summed E-state index contributed by atoms with van der Waals surface area (Å²) < 4.78 is 20.3. The molecule has 0 spiro atoms. The zero-order valence-electron chi connectivity index (χ0n) is 20.0. The molecule has 10 heteroatoms. The van der Waals surface area contributed by atoms with Crippen LogP contribution in [-0.2, 0) is 16.1 Å². The summed E-state index contributed by atoms with van der Waals surface area (Å²) >= 11 is 0. The van der Waals surface area contributed by atoms with Crippen LogP contribution in [0.5, 0.6) is 0 Å². The second kappa shape index (κ2) is 12.1. The van der Waals surface area contributed by atoms with Gasteiger partial charge in [0.25, 0.3) is 11.5 Å². The summed E-state index contributed by atoms with van der Waals surface area (Å²) in [5.74, 6) is -1.35. The third kappa shape index (κ3) is 6.46. The van der Waals surface area contributed by atoms with Gasteiger partial charge in [-0.15, -0.1) is 0 Å². The molecule has 2 aromatic rings. The Morgan fingerprint density at radius 2 is 1.71 bits per heavy atom. The predicted molar refractivity (Wildman–Crippen MR) is 128 cm³/mol. The highest BCUT2D eigenvalue weighted by Crippen LogP contribution is 2.10. The molecule has 1 aromatic heterocycles. The van der Waals surface area contributed by atoms with Gasteiger partial charge in [-0.05, 0) is 31.5 Å². The van der Waals surface area contributed by atoms with Crippen molar-refractivity contribution in [2.24, 2.45) is 0 Å². The van der Waals surface area contributed by atoms with Crippen molar-refractivity contribution in [3.05, 3.63) is 69.9 Å². The van der Waals surface area contributed by atoms with Gasteiger partial charge in [-0.2, -0.15) is 0 Å². The molecule has 0 radical (unpaired) electrons. The number of nitrogens with one attached hydrogen (secondary N) is 1. The molecule has 2 heterocycles. The Kier molecular flexibility index (Phi) is 8.99. The van der Waals surface area contributed by atoms with E-state index in [1.54, 1.807) is 41.0 Å². The Balaban J connectivity index is 1.69. The van der Waals surface area contributed by atoms with Gasteiger partial charge in [-0.3, -0.25) is 14.4 Å². The second-order valence-corrected chi connectivity index (χ2v) is 8.27. The van der Waals surface area contributed by atoms with E-state index in [9.17, 15) is 23.6 Å². The number of hydrogen-bond acceptors (Lipinski definition) is 5. The molecule has 1 atom stereocenters. The van der Waals surface area contributed by atoms with E-state index >= 15 is 0 Å². The van der Waals surface area contributed by atoms with Gasteiger partial charge in [0.05, 0.1) is 13.2 Å². The highest BCUT2D eigenvalue weighted by Gasteiger charge is 2.30. The molecule has 3 amide bonds. The Morgan fingerprint density at radius 1 is 1.03 bits per heavy atom. The van der Waals surface area contributed by atoms with Crippen molar-refractivity contribution >= 4 is 17.9 Å². The van der Waals surface area contributed by atoms with Gasteiger partial charge in [0.15, 0.2) is 0 Å². The lowest BCUT2D eigenvalue weighted by atomic mass is 10.1. The molecule has 0 saturated carbocycles. The van der Waals surface area contributed by atoms with E-state index in [1.807, 2.05) is 6.92 Å². The van der Waals surface area contributed by atoms with Gasteiger partial charge in [-0.25, -0.2) is 9.18 Å². The third-order valence-electron chi connectivity index (χ3n) is 5.86. The van der Waals surface area contributed by atoms with E-state index in [2.05, 4.69) is 5.32 Å². The van der Waals surface area contributed by atoms with Crippen LogP contribution in [0.2, 0.25) is 0 Å². The standard InChI is InChI=1S/C25H31FN4O5/c1-3-8-21(24(33)28-13-15-29(16-14-28)25(34)35-4-2)27-22(31)19-10-7-12-30(23(19)32)17-18-9-5-6-11-20(18)26/h5-7,9-12,21H,3-4,8,13-17H2,1-2H3,(H,27,31)/t21-/m0/s1. The van der Waals surface area contributed by atoms with Gasteiger partial charge in [0.1, 0.15) is 17.4 Å². The molecule has 1 aliphatic rings. The largest absolute Gasteiger partial charge is 0.450 e. The first-order valence-corrected chi connectivity index (χ1v) is 11.8. The predicted octanol–water partition coefficient (Wildman–Crippen LogP) is 2.23. The van der Waals surface area contributed by atoms with Gasteiger partial charge in [0, 0.05) is 37.9 Å². The Morgan fingerprint density at radius 3 is 2.37 bits per heavy atom. The molecule has 1 aromatic carbocycles. The van der Waals surface area contributed by atoms with E-state index in [0.717, 1.165) is 0 Å².